The summed E-state index contributed by atoms with van der Waals surface area (Å²) in [6.07, 6.45) is 3.02. The minimum Gasteiger partial charge on any atom is -0.496 e. The second-order valence-electron chi connectivity index (χ2n) is 4.07. The molecule has 2 aromatic carbocycles. The number of para-hydroxylation sites is 1. The molecule has 0 aliphatic carbocycles. The number of methoxy groups -OCH3 is 1. The Balaban J connectivity index is 2.06. The topological polar surface area (TPSA) is 38.3 Å². The quantitative estimate of drug-likeness (QED) is 0.864. The van der Waals surface area contributed by atoms with Crippen LogP contribution in [0.5, 0.6) is 5.75 Å². The molecule has 2 aromatic rings. The zero-order valence-electron chi connectivity index (χ0n) is 11.0. The maximum Gasteiger partial charge on any atom is 0.248 e. The van der Waals surface area contributed by atoms with Crippen LogP contribution in [0.1, 0.15) is 5.56 Å². The fourth-order valence-corrected chi connectivity index (χ4v) is 1.72. The van der Waals surface area contributed by atoms with E-state index in [0.717, 1.165) is 5.56 Å². The normalized spacial score (nSPS) is 10.5. The number of rotatable bonds is 4. The second-order valence-corrected chi connectivity index (χ2v) is 4.07. The van der Waals surface area contributed by atoms with Crippen LogP contribution in [0.3, 0.4) is 0 Å². The first-order valence-corrected chi connectivity index (χ1v) is 6.06. The van der Waals surface area contributed by atoms with Crippen LogP contribution in [0.2, 0.25) is 0 Å². The standard InChI is InChI=1S/C16H14FNO2/c1-20-15-8-3-2-5-12(15)9-10-16(19)18-14-7-4-6-13(17)11-14/h2-11H,1H3,(H,18,19)/b10-9+. The highest BCUT2D eigenvalue weighted by Gasteiger charge is 2.01. The number of carbonyl (C=O) groups excluding carboxylic acids is 1. The average molecular weight is 271 g/mol. The van der Waals surface area contributed by atoms with Gasteiger partial charge >= 0.3 is 0 Å². The Morgan fingerprint density at radius 3 is 2.75 bits per heavy atom. The Hall–Kier alpha value is -2.62. The molecule has 4 heteroatoms. The highest BCUT2D eigenvalue weighted by atomic mass is 19.1. The lowest BCUT2D eigenvalue weighted by atomic mass is 10.2. The first kappa shape index (κ1) is 13.8. The summed E-state index contributed by atoms with van der Waals surface area (Å²) < 4.78 is 18.2. The smallest absolute Gasteiger partial charge is 0.248 e. The summed E-state index contributed by atoms with van der Waals surface area (Å²) in [6, 6.07) is 13.1. The van der Waals surface area contributed by atoms with Crippen molar-refractivity contribution < 1.29 is 13.9 Å². The first-order valence-electron chi connectivity index (χ1n) is 6.06. The molecule has 3 nitrogen and oxygen atoms in total. The monoisotopic (exact) mass is 271 g/mol. The molecule has 0 heterocycles. The van der Waals surface area contributed by atoms with E-state index in [9.17, 15) is 9.18 Å². The van der Waals surface area contributed by atoms with Gasteiger partial charge in [-0.1, -0.05) is 24.3 Å². The van der Waals surface area contributed by atoms with Crippen LogP contribution in [0, 0.1) is 5.82 Å². The van der Waals surface area contributed by atoms with E-state index in [1.54, 1.807) is 19.3 Å². The molecule has 1 amide bonds. The van der Waals surface area contributed by atoms with Crippen molar-refractivity contribution in [2.24, 2.45) is 0 Å². The maximum atomic E-state index is 13.0. The molecule has 0 saturated heterocycles. The summed E-state index contributed by atoms with van der Waals surface area (Å²) in [5, 5.41) is 2.58. The number of benzene rings is 2. The molecule has 2 rings (SSSR count). The van der Waals surface area contributed by atoms with Crippen molar-refractivity contribution in [1.29, 1.82) is 0 Å². The molecule has 0 bridgehead atoms. The molecule has 0 spiro atoms. The molecular weight excluding hydrogens is 257 g/mol. The summed E-state index contributed by atoms with van der Waals surface area (Å²) >= 11 is 0. The lowest BCUT2D eigenvalue weighted by Crippen LogP contribution is -2.07. The summed E-state index contributed by atoms with van der Waals surface area (Å²) in [5.74, 6) is -0.0414. The lowest BCUT2D eigenvalue weighted by Gasteiger charge is -2.04. The van der Waals surface area contributed by atoms with Gasteiger partial charge < -0.3 is 10.1 Å². The Bertz CT molecular complexity index is 638. The molecule has 1 N–H and O–H groups in total. The van der Waals surface area contributed by atoms with Gasteiger partial charge in [-0.3, -0.25) is 4.79 Å². The predicted octanol–water partition coefficient (Wildman–Crippen LogP) is 3.49. The molecule has 0 atom stereocenters. The SMILES string of the molecule is COc1ccccc1/C=C/C(=O)Nc1cccc(F)c1. The Morgan fingerprint density at radius 1 is 1.20 bits per heavy atom. The van der Waals surface area contributed by atoms with Gasteiger partial charge in [-0.15, -0.1) is 0 Å². The highest BCUT2D eigenvalue weighted by molar-refractivity contribution is 6.02. The summed E-state index contributed by atoms with van der Waals surface area (Å²) in [5.41, 5.74) is 1.21. The molecule has 0 radical (unpaired) electrons. The zero-order valence-corrected chi connectivity index (χ0v) is 11.0. The molecule has 0 aliphatic heterocycles. The van der Waals surface area contributed by atoms with Gasteiger partial charge in [0.1, 0.15) is 11.6 Å². The molecule has 102 valence electrons. The Kier molecular flexibility index (Phi) is 4.50. The van der Waals surface area contributed by atoms with Crippen LogP contribution in [0.25, 0.3) is 6.08 Å². The third-order valence-corrected chi connectivity index (χ3v) is 2.65. The van der Waals surface area contributed by atoms with E-state index in [2.05, 4.69) is 5.32 Å². The van der Waals surface area contributed by atoms with Crippen molar-refractivity contribution in [1.82, 2.24) is 0 Å². The number of halogens is 1. The second kappa shape index (κ2) is 6.52. The fraction of sp³-hybridized carbons (Fsp3) is 0.0625. The minimum absolute atomic E-state index is 0.332. The number of ether oxygens (including phenoxy) is 1. The van der Waals surface area contributed by atoms with Crippen molar-refractivity contribution in [2.45, 2.75) is 0 Å². The molecule has 0 fully saturated rings. The molecule has 0 unspecified atom stereocenters. The van der Waals surface area contributed by atoms with Crippen LogP contribution < -0.4 is 10.1 Å². The van der Waals surface area contributed by atoms with Gasteiger partial charge in [0.15, 0.2) is 0 Å². The first-order chi connectivity index (χ1) is 9.69. The van der Waals surface area contributed by atoms with Crippen LogP contribution in [-0.4, -0.2) is 13.0 Å². The van der Waals surface area contributed by atoms with E-state index in [4.69, 9.17) is 4.74 Å². The van der Waals surface area contributed by atoms with Crippen molar-refractivity contribution in [3.05, 3.63) is 66.0 Å². The molecule has 20 heavy (non-hydrogen) atoms. The average Bonchev–Trinajstić information content (AvgIpc) is 2.45. The zero-order chi connectivity index (χ0) is 14.4. The van der Waals surface area contributed by atoms with E-state index < -0.39 is 5.82 Å². The van der Waals surface area contributed by atoms with Crippen LogP contribution >= 0.6 is 0 Å². The van der Waals surface area contributed by atoms with Gasteiger partial charge in [0.25, 0.3) is 0 Å². The number of anilines is 1. The summed E-state index contributed by atoms with van der Waals surface area (Å²) in [6.45, 7) is 0. The van der Waals surface area contributed by atoms with Gasteiger partial charge in [-0.2, -0.15) is 0 Å². The largest absolute Gasteiger partial charge is 0.496 e. The van der Waals surface area contributed by atoms with Gasteiger partial charge in [0.05, 0.1) is 7.11 Å². The van der Waals surface area contributed by atoms with Crippen LogP contribution in [0.15, 0.2) is 54.6 Å². The highest BCUT2D eigenvalue weighted by Crippen LogP contribution is 2.18. The molecule has 0 aromatic heterocycles. The fourth-order valence-electron chi connectivity index (χ4n) is 1.72. The van der Waals surface area contributed by atoms with Crippen molar-refractivity contribution in [2.75, 3.05) is 12.4 Å². The van der Waals surface area contributed by atoms with Crippen molar-refractivity contribution >= 4 is 17.7 Å². The maximum absolute atomic E-state index is 13.0. The van der Waals surface area contributed by atoms with Gasteiger partial charge in [-0.25, -0.2) is 4.39 Å². The van der Waals surface area contributed by atoms with Gasteiger partial charge in [0, 0.05) is 17.3 Å². The van der Waals surface area contributed by atoms with E-state index in [0.29, 0.717) is 11.4 Å². The molecular formula is C16H14FNO2. The van der Waals surface area contributed by atoms with Crippen LogP contribution in [-0.2, 0) is 4.79 Å². The third-order valence-electron chi connectivity index (χ3n) is 2.65. The lowest BCUT2D eigenvalue weighted by molar-refractivity contribution is -0.111. The number of carbonyl (C=O) groups is 1. The molecule has 0 aliphatic rings. The van der Waals surface area contributed by atoms with E-state index in [-0.39, 0.29) is 5.91 Å². The minimum atomic E-state index is -0.392. The predicted molar refractivity (Wildman–Crippen MR) is 77.1 cm³/mol. The van der Waals surface area contributed by atoms with Gasteiger partial charge in [-0.05, 0) is 30.3 Å². The van der Waals surface area contributed by atoms with Crippen LogP contribution in [0.4, 0.5) is 10.1 Å². The number of hydrogen-bond acceptors (Lipinski definition) is 2. The third kappa shape index (κ3) is 3.68. The number of hydrogen-bond donors (Lipinski definition) is 1. The molecule has 0 saturated carbocycles. The van der Waals surface area contributed by atoms with Crippen molar-refractivity contribution in [3.63, 3.8) is 0 Å². The number of nitrogens with one attached hydrogen (secondary N) is 1. The van der Waals surface area contributed by atoms with Crippen molar-refractivity contribution in [3.8, 4) is 5.75 Å². The Morgan fingerprint density at radius 2 is 2.00 bits per heavy atom. The van der Waals surface area contributed by atoms with E-state index in [1.807, 2.05) is 24.3 Å². The Labute approximate surface area is 116 Å². The van der Waals surface area contributed by atoms with Gasteiger partial charge in [0.2, 0.25) is 5.91 Å². The summed E-state index contributed by atoms with van der Waals surface area (Å²) in [4.78, 5) is 11.7. The summed E-state index contributed by atoms with van der Waals surface area (Å²) in [7, 11) is 1.57. The van der Waals surface area contributed by atoms with E-state index in [1.165, 1.54) is 24.3 Å². The number of amides is 1. The van der Waals surface area contributed by atoms with E-state index >= 15 is 0 Å².